The third kappa shape index (κ3) is 3.14. The molecule has 1 fully saturated rings. The molecule has 1 atom stereocenters. The zero-order valence-electron chi connectivity index (χ0n) is 12.8. The highest BCUT2D eigenvalue weighted by atomic mass is 16.2. The van der Waals surface area contributed by atoms with Crippen LogP contribution < -0.4 is 10.6 Å². The molecule has 0 aromatic heterocycles. The van der Waals surface area contributed by atoms with Gasteiger partial charge in [0.1, 0.15) is 0 Å². The fraction of sp³-hybridized carbons (Fsp3) is 0.588. The second-order valence-electron chi connectivity index (χ2n) is 6.11. The lowest BCUT2D eigenvalue weighted by atomic mass is 9.98. The predicted molar refractivity (Wildman–Crippen MR) is 87.0 cm³/mol. The van der Waals surface area contributed by atoms with E-state index in [1.54, 1.807) is 0 Å². The first-order valence-corrected chi connectivity index (χ1v) is 8.19. The highest BCUT2D eigenvalue weighted by molar-refractivity contribution is 5.96. The van der Waals surface area contributed by atoms with Crippen LogP contribution in [0.4, 0.5) is 11.4 Å². The Morgan fingerprint density at radius 1 is 1.19 bits per heavy atom. The summed E-state index contributed by atoms with van der Waals surface area (Å²) >= 11 is 0. The molecular formula is C17H25N3O. The number of nitrogens with one attached hydrogen (secondary N) is 2. The fourth-order valence-electron chi connectivity index (χ4n) is 3.33. The van der Waals surface area contributed by atoms with E-state index in [-0.39, 0.29) is 5.91 Å². The van der Waals surface area contributed by atoms with E-state index in [4.69, 9.17) is 0 Å². The minimum Gasteiger partial charge on any atom is -0.382 e. The van der Waals surface area contributed by atoms with Crippen LogP contribution >= 0.6 is 0 Å². The molecule has 0 radical (unpaired) electrons. The normalized spacial score (nSPS) is 21.8. The molecule has 2 aliphatic heterocycles. The zero-order chi connectivity index (χ0) is 14.7. The van der Waals surface area contributed by atoms with Gasteiger partial charge in [0.15, 0.2) is 0 Å². The average molecular weight is 287 g/mol. The van der Waals surface area contributed by atoms with Gasteiger partial charge in [-0.2, -0.15) is 0 Å². The summed E-state index contributed by atoms with van der Waals surface area (Å²) in [4.78, 5) is 14.7. The van der Waals surface area contributed by atoms with Gasteiger partial charge in [0.05, 0.1) is 11.4 Å². The number of anilines is 2. The number of hydrogen-bond acceptors (Lipinski definition) is 3. The van der Waals surface area contributed by atoms with E-state index in [2.05, 4.69) is 17.6 Å². The average Bonchev–Trinajstić information content (AvgIpc) is 2.79. The summed E-state index contributed by atoms with van der Waals surface area (Å²) in [6, 6.07) is 5.96. The van der Waals surface area contributed by atoms with E-state index in [1.807, 2.05) is 23.1 Å². The summed E-state index contributed by atoms with van der Waals surface area (Å²) < 4.78 is 0. The Kier molecular flexibility index (Phi) is 4.32. The van der Waals surface area contributed by atoms with Gasteiger partial charge in [0.25, 0.3) is 5.91 Å². The summed E-state index contributed by atoms with van der Waals surface area (Å²) in [6.45, 7) is 5.90. The third-order valence-corrected chi connectivity index (χ3v) is 4.73. The van der Waals surface area contributed by atoms with E-state index in [1.165, 1.54) is 12.8 Å². The van der Waals surface area contributed by atoms with Gasteiger partial charge in [-0.15, -0.1) is 0 Å². The molecule has 4 nitrogen and oxygen atoms in total. The fourth-order valence-corrected chi connectivity index (χ4v) is 3.33. The lowest BCUT2D eigenvalue weighted by Crippen LogP contribution is -2.32. The Morgan fingerprint density at radius 3 is 2.81 bits per heavy atom. The minimum atomic E-state index is 0.182. The summed E-state index contributed by atoms with van der Waals surface area (Å²) in [6.07, 6.45) is 4.77. The van der Waals surface area contributed by atoms with Crippen molar-refractivity contribution in [3.05, 3.63) is 23.8 Å². The molecule has 114 valence electrons. The number of benzene rings is 1. The lowest BCUT2D eigenvalue weighted by Gasteiger charge is -2.23. The molecule has 4 heteroatoms. The highest BCUT2D eigenvalue weighted by Gasteiger charge is 2.21. The van der Waals surface area contributed by atoms with Crippen LogP contribution in [0.25, 0.3) is 0 Å². The molecule has 21 heavy (non-hydrogen) atoms. The first kappa shape index (κ1) is 14.2. The molecule has 0 aliphatic carbocycles. The quantitative estimate of drug-likeness (QED) is 0.878. The van der Waals surface area contributed by atoms with Gasteiger partial charge < -0.3 is 15.5 Å². The van der Waals surface area contributed by atoms with Crippen LogP contribution in [-0.4, -0.2) is 37.0 Å². The lowest BCUT2D eigenvalue weighted by molar-refractivity contribution is 0.0760. The van der Waals surface area contributed by atoms with E-state index in [0.29, 0.717) is 0 Å². The highest BCUT2D eigenvalue weighted by Crippen LogP contribution is 2.27. The number of carbonyl (C=O) groups is 1. The van der Waals surface area contributed by atoms with Gasteiger partial charge in [-0.05, 0) is 43.4 Å². The van der Waals surface area contributed by atoms with Crippen molar-refractivity contribution < 1.29 is 4.79 Å². The maximum absolute atomic E-state index is 12.7. The van der Waals surface area contributed by atoms with Crippen molar-refractivity contribution in [3.8, 4) is 0 Å². The molecule has 2 aliphatic rings. The number of amides is 1. The van der Waals surface area contributed by atoms with Gasteiger partial charge >= 0.3 is 0 Å². The summed E-state index contributed by atoms with van der Waals surface area (Å²) in [7, 11) is 0. The van der Waals surface area contributed by atoms with Crippen LogP contribution in [0.15, 0.2) is 18.2 Å². The topological polar surface area (TPSA) is 44.4 Å². The van der Waals surface area contributed by atoms with Crippen LogP contribution in [0.3, 0.4) is 0 Å². The molecule has 3 rings (SSSR count). The van der Waals surface area contributed by atoms with Crippen molar-refractivity contribution in [1.82, 2.24) is 4.90 Å². The Labute approximate surface area is 126 Å². The molecule has 2 heterocycles. The van der Waals surface area contributed by atoms with E-state index < -0.39 is 0 Å². The number of rotatable bonds is 2. The van der Waals surface area contributed by atoms with Crippen molar-refractivity contribution in [2.24, 2.45) is 5.92 Å². The maximum atomic E-state index is 12.7. The Hall–Kier alpha value is -1.71. The second-order valence-corrected chi connectivity index (χ2v) is 6.11. The summed E-state index contributed by atoms with van der Waals surface area (Å²) in [5.41, 5.74) is 2.95. The summed E-state index contributed by atoms with van der Waals surface area (Å²) in [5, 5.41) is 6.70. The molecule has 1 saturated heterocycles. The monoisotopic (exact) mass is 287 g/mol. The van der Waals surface area contributed by atoms with Gasteiger partial charge in [-0.3, -0.25) is 4.79 Å². The predicted octanol–water partition coefficient (Wildman–Crippen LogP) is 3.18. The molecule has 1 unspecified atom stereocenters. The zero-order valence-corrected chi connectivity index (χ0v) is 12.8. The van der Waals surface area contributed by atoms with Crippen molar-refractivity contribution >= 4 is 17.3 Å². The van der Waals surface area contributed by atoms with Crippen molar-refractivity contribution in [1.29, 1.82) is 0 Å². The Morgan fingerprint density at radius 2 is 2.00 bits per heavy atom. The van der Waals surface area contributed by atoms with Crippen molar-refractivity contribution in [2.45, 2.75) is 32.6 Å². The van der Waals surface area contributed by atoms with Crippen LogP contribution in [0.5, 0.6) is 0 Å². The molecule has 0 bridgehead atoms. The van der Waals surface area contributed by atoms with Gasteiger partial charge in [-0.25, -0.2) is 0 Å². The van der Waals surface area contributed by atoms with Crippen LogP contribution in [0.2, 0.25) is 0 Å². The number of carbonyl (C=O) groups excluding carboxylic acids is 1. The van der Waals surface area contributed by atoms with Gasteiger partial charge in [0, 0.05) is 31.7 Å². The Bertz CT molecular complexity index is 515. The van der Waals surface area contributed by atoms with Crippen molar-refractivity contribution in [2.75, 3.05) is 36.8 Å². The van der Waals surface area contributed by atoms with E-state index in [0.717, 1.165) is 61.9 Å². The number of nitrogens with zero attached hydrogens (tertiary/aromatic N) is 1. The third-order valence-electron chi connectivity index (χ3n) is 4.73. The molecule has 1 aromatic carbocycles. The second kappa shape index (κ2) is 6.37. The molecule has 1 amide bonds. The minimum absolute atomic E-state index is 0.182. The molecule has 2 N–H and O–H groups in total. The number of fused-ring (bicyclic) bond motifs is 1. The smallest absolute Gasteiger partial charge is 0.253 e. The molecule has 1 aromatic rings. The van der Waals surface area contributed by atoms with Crippen LogP contribution in [-0.2, 0) is 0 Å². The SMILES string of the molecule is CCC1CCCN(C(=O)c2ccc3c(c2)NCCN3)CC1. The van der Waals surface area contributed by atoms with Crippen molar-refractivity contribution in [3.63, 3.8) is 0 Å². The number of likely N-dealkylation sites (tertiary alicyclic amines) is 1. The largest absolute Gasteiger partial charge is 0.382 e. The Balaban J connectivity index is 1.72. The maximum Gasteiger partial charge on any atom is 0.253 e. The first-order chi connectivity index (χ1) is 10.3. The van der Waals surface area contributed by atoms with Gasteiger partial charge in [-0.1, -0.05) is 13.3 Å². The molecule has 0 spiro atoms. The summed E-state index contributed by atoms with van der Waals surface area (Å²) in [5.74, 6) is 0.971. The molecular weight excluding hydrogens is 262 g/mol. The molecule has 0 saturated carbocycles. The van der Waals surface area contributed by atoms with E-state index in [9.17, 15) is 4.79 Å². The first-order valence-electron chi connectivity index (χ1n) is 8.19. The van der Waals surface area contributed by atoms with Crippen LogP contribution in [0, 0.1) is 5.92 Å². The van der Waals surface area contributed by atoms with Gasteiger partial charge in [0.2, 0.25) is 0 Å². The number of hydrogen-bond donors (Lipinski definition) is 2. The standard InChI is InChI=1S/C17H25N3O/c1-2-13-4-3-10-20(11-7-13)17(21)14-5-6-15-16(12-14)19-9-8-18-15/h5-6,12-13,18-19H,2-4,7-11H2,1H3. The van der Waals surface area contributed by atoms with E-state index >= 15 is 0 Å². The van der Waals surface area contributed by atoms with Crippen LogP contribution in [0.1, 0.15) is 43.0 Å².